The minimum absolute atomic E-state index is 0.143. The van der Waals surface area contributed by atoms with Gasteiger partial charge in [-0.25, -0.2) is 0 Å². The molecule has 1 saturated heterocycles. The van der Waals surface area contributed by atoms with Gasteiger partial charge < -0.3 is 15.4 Å². The highest BCUT2D eigenvalue weighted by atomic mass is 16.5. The first-order valence-electron chi connectivity index (χ1n) is 8.59. The second-order valence-corrected chi connectivity index (χ2v) is 6.16. The van der Waals surface area contributed by atoms with E-state index in [0.717, 1.165) is 25.0 Å². The summed E-state index contributed by atoms with van der Waals surface area (Å²) in [6, 6.07) is 7.18. The van der Waals surface area contributed by atoms with Crippen LogP contribution in [0.3, 0.4) is 0 Å². The van der Waals surface area contributed by atoms with Gasteiger partial charge in [-0.05, 0) is 30.5 Å². The Morgan fingerprint density at radius 1 is 1.35 bits per heavy atom. The standard InChI is InChI=1S/C19H22N4O3/c1-2-18(24)22-17-8-4-3-6-14(17)10-19(25)21-15-11-20-23(12-15)13-16-7-5-9-26-16/h2-4,6,8,11-12,16H,1,5,7,9-10,13H2,(H,21,25)(H,22,24). The number of carbonyl (C=O) groups excluding carboxylic acids is 2. The number of rotatable bonds is 7. The highest BCUT2D eigenvalue weighted by molar-refractivity contribution is 6.00. The van der Waals surface area contributed by atoms with E-state index in [9.17, 15) is 9.59 Å². The number of amides is 2. The fourth-order valence-electron chi connectivity index (χ4n) is 2.88. The molecule has 2 heterocycles. The Morgan fingerprint density at radius 2 is 2.19 bits per heavy atom. The van der Waals surface area contributed by atoms with Gasteiger partial charge in [-0.3, -0.25) is 14.3 Å². The summed E-state index contributed by atoms with van der Waals surface area (Å²) in [5, 5.41) is 9.80. The molecule has 2 aromatic rings. The maximum Gasteiger partial charge on any atom is 0.247 e. The number of benzene rings is 1. The molecular weight excluding hydrogens is 332 g/mol. The van der Waals surface area contributed by atoms with Crippen LogP contribution in [0.25, 0.3) is 0 Å². The van der Waals surface area contributed by atoms with Gasteiger partial charge in [0, 0.05) is 18.5 Å². The number of aromatic nitrogens is 2. The molecule has 1 aromatic carbocycles. The van der Waals surface area contributed by atoms with Crippen LogP contribution >= 0.6 is 0 Å². The van der Waals surface area contributed by atoms with Gasteiger partial charge in [-0.15, -0.1) is 0 Å². The van der Waals surface area contributed by atoms with Crippen molar-refractivity contribution >= 4 is 23.2 Å². The number of nitrogens with one attached hydrogen (secondary N) is 2. The van der Waals surface area contributed by atoms with E-state index in [4.69, 9.17) is 4.74 Å². The molecule has 1 atom stereocenters. The largest absolute Gasteiger partial charge is 0.376 e. The number of para-hydroxylation sites is 1. The molecule has 2 amide bonds. The molecular formula is C19H22N4O3. The molecule has 1 unspecified atom stereocenters. The average Bonchev–Trinajstić information content (AvgIpc) is 3.29. The van der Waals surface area contributed by atoms with Gasteiger partial charge in [0.25, 0.3) is 0 Å². The van der Waals surface area contributed by atoms with Crippen LogP contribution in [0, 0.1) is 0 Å². The Labute approximate surface area is 152 Å². The molecule has 2 N–H and O–H groups in total. The van der Waals surface area contributed by atoms with E-state index in [1.807, 2.05) is 6.07 Å². The van der Waals surface area contributed by atoms with E-state index >= 15 is 0 Å². The zero-order chi connectivity index (χ0) is 18.4. The average molecular weight is 354 g/mol. The molecule has 0 aliphatic carbocycles. The van der Waals surface area contributed by atoms with Crippen molar-refractivity contribution in [2.45, 2.75) is 31.9 Å². The van der Waals surface area contributed by atoms with Crippen molar-refractivity contribution in [3.63, 3.8) is 0 Å². The molecule has 0 saturated carbocycles. The predicted octanol–water partition coefficient (Wildman–Crippen LogP) is 2.37. The minimum Gasteiger partial charge on any atom is -0.376 e. The zero-order valence-corrected chi connectivity index (χ0v) is 14.5. The van der Waals surface area contributed by atoms with Crippen molar-refractivity contribution in [1.82, 2.24) is 9.78 Å². The van der Waals surface area contributed by atoms with Gasteiger partial charge in [0.2, 0.25) is 11.8 Å². The molecule has 0 radical (unpaired) electrons. The van der Waals surface area contributed by atoms with Gasteiger partial charge >= 0.3 is 0 Å². The van der Waals surface area contributed by atoms with Crippen LogP contribution < -0.4 is 10.6 Å². The molecule has 0 bridgehead atoms. The van der Waals surface area contributed by atoms with Gasteiger partial charge in [0.1, 0.15) is 0 Å². The van der Waals surface area contributed by atoms with Gasteiger partial charge in [0.15, 0.2) is 0 Å². The highest BCUT2D eigenvalue weighted by Crippen LogP contribution is 2.17. The Bertz CT molecular complexity index is 794. The summed E-state index contributed by atoms with van der Waals surface area (Å²) in [7, 11) is 0. The van der Waals surface area contributed by atoms with Crippen molar-refractivity contribution in [2.24, 2.45) is 0 Å². The third-order valence-corrected chi connectivity index (χ3v) is 4.14. The van der Waals surface area contributed by atoms with E-state index in [1.54, 1.807) is 35.3 Å². The number of hydrogen-bond donors (Lipinski definition) is 2. The monoisotopic (exact) mass is 354 g/mol. The number of anilines is 2. The molecule has 136 valence electrons. The molecule has 1 aliphatic rings. The van der Waals surface area contributed by atoms with Gasteiger partial charge in [0.05, 0.1) is 31.0 Å². The smallest absolute Gasteiger partial charge is 0.247 e. The SMILES string of the molecule is C=CC(=O)Nc1ccccc1CC(=O)Nc1cnn(CC2CCCO2)c1. The first-order chi connectivity index (χ1) is 12.6. The predicted molar refractivity (Wildman–Crippen MR) is 98.8 cm³/mol. The summed E-state index contributed by atoms with van der Waals surface area (Å²) >= 11 is 0. The third-order valence-electron chi connectivity index (χ3n) is 4.14. The molecule has 3 rings (SSSR count). The first kappa shape index (κ1) is 17.9. The topological polar surface area (TPSA) is 85.3 Å². The Kier molecular flexibility index (Phi) is 5.80. The Morgan fingerprint density at radius 3 is 2.96 bits per heavy atom. The Hall–Kier alpha value is -2.93. The highest BCUT2D eigenvalue weighted by Gasteiger charge is 2.17. The summed E-state index contributed by atoms with van der Waals surface area (Å²) in [6.07, 6.45) is 7.07. The summed E-state index contributed by atoms with van der Waals surface area (Å²) in [5.74, 6) is -0.491. The lowest BCUT2D eigenvalue weighted by Gasteiger charge is -2.10. The van der Waals surface area contributed by atoms with Crippen molar-refractivity contribution in [3.05, 3.63) is 54.9 Å². The lowest BCUT2D eigenvalue weighted by Crippen LogP contribution is -2.17. The first-order valence-corrected chi connectivity index (χ1v) is 8.59. The van der Waals surface area contributed by atoms with E-state index < -0.39 is 0 Å². The summed E-state index contributed by atoms with van der Waals surface area (Å²) in [6.45, 7) is 4.92. The van der Waals surface area contributed by atoms with Crippen molar-refractivity contribution in [3.8, 4) is 0 Å². The summed E-state index contributed by atoms with van der Waals surface area (Å²) < 4.78 is 7.37. The van der Waals surface area contributed by atoms with Gasteiger partial charge in [-0.1, -0.05) is 24.8 Å². The molecule has 1 aliphatic heterocycles. The molecule has 1 fully saturated rings. The number of nitrogens with zero attached hydrogens (tertiary/aromatic N) is 2. The maximum atomic E-state index is 12.3. The van der Waals surface area contributed by atoms with Crippen molar-refractivity contribution in [2.75, 3.05) is 17.2 Å². The number of ether oxygens (including phenoxy) is 1. The van der Waals surface area contributed by atoms with Crippen LogP contribution in [-0.2, 0) is 27.3 Å². The normalized spacial score (nSPS) is 16.2. The van der Waals surface area contributed by atoms with Crippen LogP contribution in [0.5, 0.6) is 0 Å². The van der Waals surface area contributed by atoms with E-state index in [-0.39, 0.29) is 24.3 Å². The molecule has 0 spiro atoms. The second kappa shape index (κ2) is 8.44. The van der Waals surface area contributed by atoms with Crippen LogP contribution in [0.1, 0.15) is 18.4 Å². The van der Waals surface area contributed by atoms with Crippen molar-refractivity contribution < 1.29 is 14.3 Å². The van der Waals surface area contributed by atoms with Crippen LogP contribution in [0.4, 0.5) is 11.4 Å². The van der Waals surface area contributed by atoms with Crippen LogP contribution in [0.2, 0.25) is 0 Å². The Balaban J connectivity index is 1.58. The quantitative estimate of drug-likeness (QED) is 0.748. The van der Waals surface area contributed by atoms with Crippen LogP contribution in [-0.4, -0.2) is 34.3 Å². The summed E-state index contributed by atoms with van der Waals surface area (Å²) in [5.41, 5.74) is 1.97. The molecule has 26 heavy (non-hydrogen) atoms. The lowest BCUT2D eigenvalue weighted by molar-refractivity contribution is -0.115. The maximum absolute atomic E-state index is 12.3. The van der Waals surface area contributed by atoms with E-state index in [0.29, 0.717) is 17.9 Å². The molecule has 7 heteroatoms. The molecule has 1 aromatic heterocycles. The third kappa shape index (κ3) is 4.80. The summed E-state index contributed by atoms with van der Waals surface area (Å²) in [4.78, 5) is 23.8. The van der Waals surface area contributed by atoms with E-state index in [1.165, 1.54) is 6.08 Å². The molecule has 7 nitrogen and oxygen atoms in total. The number of hydrogen-bond acceptors (Lipinski definition) is 4. The lowest BCUT2D eigenvalue weighted by atomic mass is 10.1. The number of carbonyl (C=O) groups is 2. The minimum atomic E-state index is -0.312. The fraction of sp³-hybridized carbons (Fsp3) is 0.316. The van der Waals surface area contributed by atoms with Crippen molar-refractivity contribution in [1.29, 1.82) is 0 Å². The van der Waals surface area contributed by atoms with E-state index in [2.05, 4.69) is 22.3 Å². The second-order valence-electron chi connectivity index (χ2n) is 6.16. The zero-order valence-electron chi connectivity index (χ0n) is 14.5. The van der Waals surface area contributed by atoms with Gasteiger partial charge in [-0.2, -0.15) is 5.10 Å². The van der Waals surface area contributed by atoms with Crippen LogP contribution in [0.15, 0.2) is 49.3 Å². The fourth-order valence-corrected chi connectivity index (χ4v) is 2.88.